The van der Waals surface area contributed by atoms with Crippen LogP contribution in [0.15, 0.2) is 30.6 Å². The summed E-state index contributed by atoms with van der Waals surface area (Å²) in [6, 6.07) is 4.94. The number of hydrogen-bond donors (Lipinski definition) is 3. The molecule has 1 unspecified atom stereocenters. The monoisotopic (exact) mass is 509 g/mol. The van der Waals surface area contributed by atoms with Crippen molar-refractivity contribution in [3.05, 3.63) is 53.5 Å². The number of H-pyrrole nitrogens is 2. The molecule has 4 heterocycles. The predicted molar refractivity (Wildman–Crippen MR) is 118 cm³/mol. The van der Waals surface area contributed by atoms with E-state index in [4.69, 9.17) is 9.90 Å². The summed E-state index contributed by atoms with van der Waals surface area (Å²) < 4.78 is 45.8. The van der Waals surface area contributed by atoms with Gasteiger partial charge in [0.25, 0.3) is 0 Å². The summed E-state index contributed by atoms with van der Waals surface area (Å²) in [4.78, 5) is 48.5. The summed E-state index contributed by atoms with van der Waals surface area (Å²) in [5.41, 5.74) is 2.31. The van der Waals surface area contributed by atoms with Gasteiger partial charge in [-0.1, -0.05) is 12.1 Å². The Hall–Kier alpha value is -3.90. The molecule has 0 spiro atoms. The van der Waals surface area contributed by atoms with E-state index >= 15 is 0 Å². The van der Waals surface area contributed by atoms with Crippen molar-refractivity contribution in [2.75, 3.05) is 19.6 Å². The summed E-state index contributed by atoms with van der Waals surface area (Å²) in [5.74, 6) is -3.02. The van der Waals surface area contributed by atoms with E-state index in [1.165, 1.54) is 6.07 Å². The van der Waals surface area contributed by atoms with E-state index in [9.17, 15) is 27.2 Å². The van der Waals surface area contributed by atoms with Crippen LogP contribution in [0.2, 0.25) is 0 Å². The highest BCUT2D eigenvalue weighted by atomic mass is 19.4. The van der Waals surface area contributed by atoms with Gasteiger partial charge in [0.15, 0.2) is 0 Å². The van der Waals surface area contributed by atoms with Crippen LogP contribution in [-0.4, -0.2) is 73.5 Å². The van der Waals surface area contributed by atoms with Gasteiger partial charge in [0, 0.05) is 67.6 Å². The molecule has 1 aromatic carbocycles. The van der Waals surface area contributed by atoms with Gasteiger partial charge in [0.1, 0.15) is 11.6 Å². The molecule has 2 aromatic heterocycles. The zero-order valence-corrected chi connectivity index (χ0v) is 18.9. The summed E-state index contributed by atoms with van der Waals surface area (Å²) in [6.07, 6.45) is 0.764. The summed E-state index contributed by atoms with van der Waals surface area (Å²) in [7, 11) is 0. The predicted octanol–water partition coefficient (Wildman–Crippen LogP) is 2.95. The fraction of sp³-hybridized carbons (Fsp3) is 0.391. The number of halogens is 4. The molecule has 0 radical (unpaired) electrons. The van der Waals surface area contributed by atoms with Crippen LogP contribution in [0.4, 0.5) is 17.6 Å². The smallest absolute Gasteiger partial charge is 0.475 e. The molecule has 1 atom stereocenters. The highest BCUT2D eigenvalue weighted by Crippen LogP contribution is 2.30. The number of benzene rings is 1. The number of amides is 2. The summed E-state index contributed by atoms with van der Waals surface area (Å²) >= 11 is 0. The van der Waals surface area contributed by atoms with Crippen LogP contribution >= 0.6 is 0 Å². The quantitative estimate of drug-likeness (QED) is 0.344. The Kier molecular flexibility index (Phi) is 7.00. The van der Waals surface area contributed by atoms with Gasteiger partial charge in [-0.3, -0.25) is 9.59 Å². The average Bonchev–Trinajstić information content (AvgIpc) is 3.52. The number of carbonyl (C=O) groups is 3. The van der Waals surface area contributed by atoms with Crippen molar-refractivity contribution in [1.29, 1.82) is 0 Å². The number of carboxylic acid groups (broad SMARTS) is 1. The first-order valence-electron chi connectivity index (χ1n) is 11.2. The lowest BCUT2D eigenvalue weighted by Gasteiger charge is -2.34. The van der Waals surface area contributed by atoms with E-state index < -0.39 is 24.0 Å². The second-order valence-electron chi connectivity index (χ2n) is 8.59. The average molecular weight is 509 g/mol. The number of piperidine rings is 1. The van der Waals surface area contributed by atoms with E-state index in [0.29, 0.717) is 38.1 Å². The van der Waals surface area contributed by atoms with Gasteiger partial charge in [0.05, 0.1) is 5.52 Å². The molecular weight excluding hydrogens is 486 g/mol. The molecular formula is C23H23F4N5O4. The minimum Gasteiger partial charge on any atom is -0.475 e. The lowest BCUT2D eigenvalue weighted by Crippen LogP contribution is -2.49. The van der Waals surface area contributed by atoms with Crippen LogP contribution < -0.4 is 0 Å². The van der Waals surface area contributed by atoms with Gasteiger partial charge in [0.2, 0.25) is 0 Å². The number of likely N-dealkylation sites (tertiary alicyclic amines) is 1. The number of fused-ring (bicyclic) bond motifs is 3. The molecule has 0 bridgehead atoms. The number of aliphatic carboxylic acids is 1. The van der Waals surface area contributed by atoms with Crippen molar-refractivity contribution in [2.45, 2.75) is 37.9 Å². The number of alkyl halides is 3. The molecule has 192 valence electrons. The van der Waals surface area contributed by atoms with Gasteiger partial charge < -0.3 is 24.9 Å². The van der Waals surface area contributed by atoms with Crippen LogP contribution in [0.25, 0.3) is 10.9 Å². The van der Waals surface area contributed by atoms with E-state index in [1.54, 1.807) is 28.3 Å². The van der Waals surface area contributed by atoms with E-state index in [2.05, 4.69) is 15.0 Å². The highest BCUT2D eigenvalue weighted by molar-refractivity contribution is 6.35. The Morgan fingerprint density at radius 3 is 2.50 bits per heavy atom. The van der Waals surface area contributed by atoms with Gasteiger partial charge in [-0.15, -0.1) is 0 Å². The Morgan fingerprint density at radius 1 is 1.11 bits per heavy atom. The van der Waals surface area contributed by atoms with Crippen LogP contribution in [0, 0.1) is 5.82 Å². The second-order valence-corrected chi connectivity index (χ2v) is 8.59. The Balaban J connectivity index is 0.000000384. The maximum Gasteiger partial charge on any atom is 0.490 e. The lowest BCUT2D eigenvalue weighted by molar-refractivity contribution is -0.192. The van der Waals surface area contributed by atoms with Crippen molar-refractivity contribution in [2.24, 2.45) is 0 Å². The van der Waals surface area contributed by atoms with Crippen molar-refractivity contribution in [1.82, 2.24) is 24.8 Å². The Morgan fingerprint density at radius 2 is 1.83 bits per heavy atom. The molecule has 1 fully saturated rings. The van der Waals surface area contributed by atoms with Gasteiger partial charge >= 0.3 is 24.0 Å². The molecule has 1 saturated heterocycles. The first-order chi connectivity index (χ1) is 17.1. The first kappa shape index (κ1) is 25.2. The standard InChI is InChI=1S/C21H22FN5O2.C2HF3O2/c22-16-5-1-4-14-15-12-27(10-6-17(15)25-18(14)16)21(29)20(28)26-9-2-3-13(11-26)19-23-7-8-24-19;3-2(4,5)1(6)7/h1,4-5,7-8,13,25H,2-3,6,9-12H2,(H,23,24);(H,6,7). The molecule has 0 saturated carbocycles. The Labute approximate surface area is 202 Å². The first-order valence-corrected chi connectivity index (χ1v) is 11.2. The fourth-order valence-corrected chi connectivity index (χ4v) is 4.53. The largest absolute Gasteiger partial charge is 0.490 e. The number of rotatable bonds is 1. The molecule has 13 heteroatoms. The fourth-order valence-electron chi connectivity index (χ4n) is 4.53. The highest BCUT2D eigenvalue weighted by Gasteiger charge is 2.38. The zero-order valence-electron chi connectivity index (χ0n) is 18.9. The third kappa shape index (κ3) is 5.19. The van der Waals surface area contributed by atoms with E-state index in [-0.39, 0.29) is 11.7 Å². The molecule has 2 aliphatic heterocycles. The number of aromatic amines is 2. The van der Waals surface area contributed by atoms with Gasteiger partial charge in [-0.05, 0) is 18.9 Å². The summed E-state index contributed by atoms with van der Waals surface area (Å²) in [5, 5.41) is 7.90. The van der Waals surface area contributed by atoms with E-state index in [0.717, 1.165) is 35.3 Å². The molecule has 9 nitrogen and oxygen atoms in total. The minimum absolute atomic E-state index is 0.125. The van der Waals surface area contributed by atoms with Crippen LogP contribution in [0.1, 0.15) is 35.8 Å². The van der Waals surface area contributed by atoms with E-state index in [1.807, 2.05) is 6.07 Å². The molecule has 3 aromatic rings. The molecule has 36 heavy (non-hydrogen) atoms. The number of imidazole rings is 1. The van der Waals surface area contributed by atoms with Crippen LogP contribution in [0.3, 0.4) is 0 Å². The topological polar surface area (TPSA) is 122 Å². The van der Waals surface area contributed by atoms with Crippen LogP contribution in [0.5, 0.6) is 0 Å². The maximum atomic E-state index is 14.1. The van der Waals surface area contributed by atoms with Crippen molar-refractivity contribution in [3.63, 3.8) is 0 Å². The molecule has 0 aliphatic carbocycles. The number of nitrogens with one attached hydrogen (secondary N) is 2. The number of para-hydroxylation sites is 1. The third-order valence-electron chi connectivity index (χ3n) is 6.29. The number of carbonyl (C=O) groups excluding carboxylic acids is 2. The third-order valence-corrected chi connectivity index (χ3v) is 6.29. The molecule has 3 N–H and O–H groups in total. The van der Waals surface area contributed by atoms with Crippen molar-refractivity contribution >= 4 is 28.7 Å². The Bertz CT molecular complexity index is 1270. The molecule has 5 rings (SSSR count). The number of hydrogen-bond acceptors (Lipinski definition) is 4. The van der Waals surface area contributed by atoms with Gasteiger partial charge in [-0.25, -0.2) is 14.2 Å². The lowest BCUT2D eigenvalue weighted by atomic mass is 9.97. The molecule has 2 aliphatic rings. The van der Waals surface area contributed by atoms with Gasteiger partial charge in [-0.2, -0.15) is 13.2 Å². The zero-order chi connectivity index (χ0) is 26.0. The van der Waals surface area contributed by atoms with Crippen LogP contribution in [-0.2, 0) is 27.3 Å². The summed E-state index contributed by atoms with van der Waals surface area (Å²) in [6.45, 7) is 1.84. The van der Waals surface area contributed by atoms with Crippen molar-refractivity contribution in [3.8, 4) is 0 Å². The number of aromatic nitrogens is 3. The SMILES string of the molecule is O=C(C(=O)N1CCCC(c2ncc[nH]2)C1)N1CCc2[nH]c3c(F)cccc3c2C1.O=C(O)C(F)(F)F. The molecule has 2 amide bonds. The van der Waals surface area contributed by atoms with Crippen molar-refractivity contribution < 1.29 is 37.1 Å². The number of carboxylic acids is 1. The maximum absolute atomic E-state index is 14.1. The normalized spacial score (nSPS) is 17.8. The number of nitrogens with zero attached hydrogens (tertiary/aromatic N) is 3. The second kappa shape index (κ2) is 9.99. The minimum atomic E-state index is -5.08.